The molecule has 29 heavy (non-hydrogen) atoms. The Hall–Kier alpha value is -2.93. The largest absolute Gasteiger partial charge is 0.360 e. The zero-order valence-corrected chi connectivity index (χ0v) is 16.8. The SMILES string of the molecule is CCC[C@H](NC(=O)C[NH+]1CCN(c2ccc([N+](=O)[O-])cc2)CC1)c1ccccc1. The van der Waals surface area contributed by atoms with E-state index in [2.05, 4.69) is 29.3 Å². The predicted molar refractivity (Wildman–Crippen MR) is 113 cm³/mol. The summed E-state index contributed by atoms with van der Waals surface area (Å²) in [6.07, 6.45) is 1.94. The number of amides is 1. The minimum atomic E-state index is -0.383. The number of rotatable bonds is 8. The highest BCUT2D eigenvalue weighted by Gasteiger charge is 2.24. The quantitative estimate of drug-likeness (QED) is 0.527. The number of nitrogens with one attached hydrogen (secondary N) is 2. The monoisotopic (exact) mass is 397 g/mol. The number of hydrogen-bond donors (Lipinski definition) is 2. The van der Waals surface area contributed by atoms with Gasteiger partial charge < -0.3 is 15.1 Å². The molecule has 0 bridgehead atoms. The third-order valence-corrected chi connectivity index (χ3v) is 5.42. The Morgan fingerprint density at radius 2 is 1.79 bits per heavy atom. The predicted octanol–water partition coefficient (Wildman–Crippen LogP) is 1.96. The summed E-state index contributed by atoms with van der Waals surface area (Å²) in [4.78, 5) is 26.5. The molecule has 0 saturated carbocycles. The summed E-state index contributed by atoms with van der Waals surface area (Å²) < 4.78 is 0. The van der Waals surface area contributed by atoms with E-state index in [1.54, 1.807) is 24.3 Å². The van der Waals surface area contributed by atoms with E-state index < -0.39 is 0 Å². The molecule has 2 N–H and O–H groups in total. The lowest BCUT2D eigenvalue weighted by Crippen LogP contribution is -3.16. The van der Waals surface area contributed by atoms with Gasteiger partial charge in [-0.3, -0.25) is 14.9 Å². The number of nitrogens with zero attached hydrogens (tertiary/aromatic N) is 2. The Balaban J connectivity index is 1.49. The number of piperazine rings is 1. The van der Waals surface area contributed by atoms with Gasteiger partial charge in [-0.2, -0.15) is 0 Å². The van der Waals surface area contributed by atoms with E-state index in [0.29, 0.717) is 6.54 Å². The smallest absolute Gasteiger partial charge is 0.275 e. The highest BCUT2D eigenvalue weighted by atomic mass is 16.6. The average Bonchev–Trinajstić information content (AvgIpc) is 2.75. The molecule has 7 heteroatoms. The average molecular weight is 397 g/mol. The molecule has 0 aromatic heterocycles. The van der Waals surface area contributed by atoms with Crippen LogP contribution in [0.15, 0.2) is 54.6 Å². The standard InChI is InChI=1S/C22H28N4O3/c1-2-6-21(18-7-4-3-5-8-18)23-22(27)17-24-13-15-25(16-14-24)19-9-11-20(12-10-19)26(28)29/h3-5,7-12,21H,2,6,13-17H2,1H3,(H,23,27)/p+1/t21-/m0/s1. The van der Waals surface area contributed by atoms with Crippen LogP contribution in [0, 0.1) is 10.1 Å². The van der Waals surface area contributed by atoms with Crippen LogP contribution >= 0.6 is 0 Å². The van der Waals surface area contributed by atoms with Gasteiger partial charge in [-0.15, -0.1) is 0 Å². The molecule has 2 aromatic carbocycles. The third kappa shape index (κ3) is 5.77. The van der Waals surface area contributed by atoms with Crippen molar-refractivity contribution in [2.75, 3.05) is 37.6 Å². The van der Waals surface area contributed by atoms with Crippen molar-refractivity contribution >= 4 is 17.3 Å². The summed E-state index contributed by atoms with van der Waals surface area (Å²) in [6.45, 7) is 6.00. The molecule has 7 nitrogen and oxygen atoms in total. The summed E-state index contributed by atoms with van der Waals surface area (Å²) in [7, 11) is 0. The summed E-state index contributed by atoms with van der Waals surface area (Å²) in [5.74, 6) is 0.0890. The molecule has 1 aliphatic heterocycles. The highest BCUT2D eigenvalue weighted by Crippen LogP contribution is 2.19. The zero-order valence-electron chi connectivity index (χ0n) is 16.8. The van der Waals surface area contributed by atoms with Gasteiger partial charge in [0.1, 0.15) is 0 Å². The van der Waals surface area contributed by atoms with E-state index in [0.717, 1.165) is 50.3 Å². The number of nitro benzene ring substituents is 1. The van der Waals surface area contributed by atoms with Gasteiger partial charge in [-0.05, 0) is 24.1 Å². The summed E-state index contributed by atoms with van der Waals surface area (Å²) in [6, 6.07) is 16.9. The van der Waals surface area contributed by atoms with Crippen LogP contribution in [0.2, 0.25) is 0 Å². The topological polar surface area (TPSA) is 79.9 Å². The normalized spacial score (nSPS) is 15.7. The molecular formula is C22H29N4O3+. The fourth-order valence-electron chi connectivity index (χ4n) is 3.81. The number of quaternary nitrogens is 1. The molecule has 0 radical (unpaired) electrons. The van der Waals surface area contributed by atoms with Gasteiger partial charge in [0.25, 0.3) is 11.6 Å². The fraction of sp³-hybridized carbons (Fsp3) is 0.409. The maximum atomic E-state index is 12.6. The van der Waals surface area contributed by atoms with Crippen LogP contribution in [0.4, 0.5) is 11.4 Å². The molecule has 1 fully saturated rings. The lowest BCUT2D eigenvalue weighted by Gasteiger charge is -2.33. The van der Waals surface area contributed by atoms with Crippen LogP contribution in [0.3, 0.4) is 0 Å². The second-order valence-corrected chi connectivity index (χ2v) is 7.51. The molecule has 0 aliphatic carbocycles. The summed E-state index contributed by atoms with van der Waals surface area (Å²) >= 11 is 0. The minimum absolute atomic E-state index is 0.0644. The summed E-state index contributed by atoms with van der Waals surface area (Å²) in [5.41, 5.74) is 2.25. The zero-order chi connectivity index (χ0) is 20.6. The highest BCUT2D eigenvalue weighted by molar-refractivity contribution is 5.77. The number of benzene rings is 2. The van der Waals surface area contributed by atoms with E-state index in [4.69, 9.17) is 0 Å². The Morgan fingerprint density at radius 3 is 2.38 bits per heavy atom. The maximum absolute atomic E-state index is 12.6. The second-order valence-electron chi connectivity index (χ2n) is 7.51. The second kappa shape index (κ2) is 10.0. The molecule has 154 valence electrons. The van der Waals surface area contributed by atoms with E-state index in [-0.39, 0.29) is 22.6 Å². The van der Waals surface area contributed by atoms with E-state index in [1.165, 1.54) is 4.90 Å². The van der Waals surface area contributed by atoms with Gasteiger partial charge in [0.15, 0.2) is 6.54 Å². The number of hydrogen-bond acceptors (Lipinski definition) is 4. The first-order chi connectivity index (χ1) is 14.1. The maximum Gasteiger partial charge on any atom is 0.275 e. The van der Waals surface area contributed by atoms with Crippen molar-refractivity contribution in [2.24, 2.45) is 0 Å². The molecule has 0 unspecified atom stereocenters. The van der Waals surface area contributed by atoms with Gasteiger partial charge in [0.2, 0.25) is 0 Å². The fourth-order valence-corrected chi connectivity index (χ4v) is 3.81. The van der Waals surface area contributed by atoms with Crippen molar-refractivity contribution in [3.05, 3.63) is 70.3 Å². The molecule has 1 saturated heterocycles. The number of nitro groups is 1. The molecule has 1 aliphatic rings. The van der Waals surface area contributed by atoms with Crippen LogP contribution in [-0.4, -0.2) is 43.6 Å². The van der Waals surface area contributed by atoms with Crippen molar-refractivity contribution in [2.45, 2.75) is 25.8 Å². The van der Waals surface area contributed by atoms with Crippen molar-refractivity contribution in [3.8, 4) is 0 Å². The van der Waals surface area contributed by atoms with Gasteiger partial charge in [0.05, 0.1) is 37.1 Å². The Bertz CT molecular complexity index is 803. The first-order valence-electron chi connectivity index (χ1n) is 10.2. The van der Waals surface area contributed by atoms with E-state index in [9.17, 15) is 14.9 Å². The van der Waals surface area contributed by atoms with Crippen molar-refractivity contribution in [1.29, 1.82) is 0 Å². The summed E-state index contributed by atoms with van der Waals surface area (Å²) in [5, 5.41) is 14.0. The number of carbonyl (C=O) groups excluding carboxylic acids is 1. The van der Waals surface area contributed by atoms with E-state index >= 15 is 0 Å². The lowest BCUT2D eigenvalue weighted by molar-refractivity contribution is -0.892. The minimum Gasteiger partial charge on any atom is -0.360 e. The first-order valence-corrected chi connectivity index (χ1v) is 10.2. The lowest BCUT2D eigenvalue weighted by atomic mass is 10.0. The van der Waals surface area contributed by atoms with Gasteiger partial charge in [0, 0.05) is 17.8 Å². The van der Waals surface area contributed by atoms with Crippen LogP contribution in [0.5, 0.6) is 0 Å². The van der Waals surface area contributed by atoms with Gasteiger partial charge in [-0.1, -0.05) is 43.7 Å². The molecule has 1 atom stereocenters. The van der Waals surface area contributed by atoms with Crippen LogP contribution in [-0.2, 0) is 4.79 Å². The number of anilines is 1. The number of carbonyl (C=O) groups is 1. The third-order valence-electron chi connectivity index (χ3n) is 5.42. The van der Waals surface area contributed by atoms with Gasteiger partial charge in [-0.25, -0.2) is 0 Å². The molecular weight excluding hydrogens is 368 g/mol. The molecule has 1 amide bonds. The molecule has 0 spiro atoms. The van der Waals surface area contributed by atoms with Crippen molar-refractivity contribution < 1.29 is 14.6 Å². The van der Waals surface area contributed by atoms with Crippen LogP contribution in [0.1, 0.15) is 31.4 Å². The van der Waals surface area contributed by atoms with Crippen LogP contribution < -0.4 is 15.1 Å². The van der Waals surface area contributed by atoms with Crippen molar-refractivity contribution in [3.63, 3.8) is 0 Å². The Kier molecular flexibility index (Phi) is 7.19. The van der Waals surface area contributed by atoms with Gasteiger partial charge >= 0.3 is 0 Å². The molecule has 2 aromatic rings. The molecule has 1 heterocycles. The molecule has 3 rings (SSSR count). The van der Waals surface area contributed by atoms with Crippen molar-refractivity contribution in [1.82, 2.24) is 5.32 Å². The number of non-ortho nitro benzene ring substituents is 1. The Morgan fingerprint density at radius 1 is 1.14 bits per heavy atom. The van der Waals surface area contributed by atoms with Crippen LogP contribution in [0.25, 0.3) is 0 Å². The Labute approximate surface area is 171 Å². The first kappa shape index (κ1) is 20.8. The van der Waals surface area contributed by atoms with E-state index in [1.807, 2.05) is 18.2 Å².